The Hall–Kier alpha value is -0.593. The van der Waals surface area contributed by atoms with Crippen LogP contribution in [0, 0.1) is 0 Å². The number of hydrogen-bond donors (Lipinski definition) is 1. The Kier molecular flexibility index (Phi) is 5.74. The molecule has 0 unspecified atom stereocenters. The Balaban J connectivity index is 3.77. The fourth-order valence-electron chi connectivity index (χ4n) is 1.02. The van der Waals surface area contributed by atoms with E-state index < -0.39 is 14.7 Å². The molecule has 6 heteroatoms. The molecule has 0 aliphatic carbocycles. The lowest BCUT2D eigenvalue weighted by Gasteiger charge is -2.23. The second kappa shape index (κ2) is 6.00. The molecule has 0 aliphatic heterocycles. The molecule has 0 aromatic rings. The lowest BCUT2D eigenvalue weighted by Crippen LogP contribution is -2.37. The molecule has 0 spiro atoms. The van der Waals surface area contributed by atoms with Gasteiger partial charge < -0.3 is 18.9 Å². The van der Waals surface area contributed by atoms with E-state index in [2.05, 4.69) is 0 Å². The number of rotatable bonds is 6. The summed E-state index contributed by atoms with van der Waals surface area (Å²) in [4.78, 5) is 11.7. The maximum Gasteiger partial charge on any atom is 0.407 e. The minimum Gasteiger partial charge on any atom is -0.465 e. The minimum atomic E-state index is -2.02. The van der Waals surface area contributed by atoms with Crippen LogP contribution in [-0.2, 0) is 8.85 Å². The van der Waals surface area contributed by atoms with E-state index in [4.69, 9.17) is 14.0 Å². The molecule has 0 radical (unpaired) electrons. The molecule has 0 bridgehead atoms. The van der Waals surface area contributed by atoms with Crippen molar-refractivity contribution in [3.05, 3.63) is 0 Å². The summed E-state index contributed by atoms with van der Waals surface area (Å²) in [5.41, 5.74) is 0. The van der Waals surface area contributed by atoms with Crippen molar-refractivity contribution in [2.75, 3.05) is 27.8 Å². The van der Waals surface area contributed by atoms with Crippen LogP contribution in [0.1, 0.15) is 6.42 Å². The van der Waals surface area contributed by atoms with Gasteiger partial charge in [-0.25, -0.2) is 4.79 Å². The van der Waals surface area contributed by atoms with Gasteiger partial charge in [-0.05, 0) is 19.0 Å². The average molecular weight is 221 g/mol. The highest BCUT2D eigenvalue weighted by Gasteiger charge is 2.28. The highest BCUT2D eigenvalue weighted by atomic mass is 28.4. The van der Waals surface area contributed by atoms with E-state index in [-0.39, 0.29) is 0 Å². The third-order valence-electron chi connectivity index (χ3n) is 2.31. The van der Waals surface area contributed by atoms with Crippen LogP contribution in [0.3, 0.4) is 0 Å². The van der Waals surface area contributed by atoms with Crippen LogP contribution >= 0.6 is 0 Å². The van der Waals surface area contributed by atoms with E-state index in [0.29, 0.717) is 6.54 Å². The van der Waals surface area contributed by atoms with Gasteiger partial charge in [0.25, 0.3) is 0 Å². The maximum absolute atomic E-state index is 10.5. The summed E-state index contributed by atoms with van der Waals surface area (Å²) in [7, 11) is 2.81. The number of nitrogens with zero attached hydrogens (tertiary/aromatic N) is 1. The fraction of sp³-hybridized carbons (Fsp3) is 0.875. The molecule has 0 aromatic heterocycles. The minimum absolute atomic E-state index is 0.518. The molecule has 84 valence electrons. The van der Waals surface area contributed by atoms with Gasteiger partial charge in [0.15, 0.2) is 0 Å². The van der Waals surface area contributed by atoms with Crippen molar-refractivity contribution in [2.24, 2.45) is 0 Å². The van der Waals surface area contributed by atoms with E-state index >= 15 is 0 Å². The molecule has 14 heavy (non-hydrogen) atoms. The van der Waals surface area contributed by atoms with E-state index in [9.17, 15) is 4.79 Å². The average Bonchev–Trinajstić information content (AvgIpc) is 2.17. The number of hydrogen-bond acceptors (Lipinski definition) is 3. The molecule has 1 N–H and O–H groups in total. The zero-order chi connectivity index (χ0) is 11.2. The van der Waals surface area contributed by atoms with Gasteiger partial charge in [-0.2, -0.15) is 0 Å². The van der Waals surface area contributed by atoms with Gasteiger partial charge in [-0.1, -0.05) is 0 Å². The monoisotopic (exact) mass is 221 g/mol. The van der Waals surface area contributed by atoms with Crippen molar-refractivity contribution in [1.29, 1.82) is 0 Å². The standard InChI is InChI=1S/C8H19NO4Si/c1-9(8(10)11)6-5-7-14(4,12-2)13-3/h5-7H2,1-4H3,(H,10,11). The Labute approximate surface area is 85.9 Å². The van der Waals surface area contributed by atoms with Crippen molar-refractivity contribution >= 4 is 14.7 Å². The van der Waals surface area contributed by atoms with Gasteiger partial charge in [0.05, 0.1) is 0 Å². The molecular formula is C8H19NO4Si. The molecule has 0 heterocycles. The third-order valence-corrected chi connectivity index (χ3v) is 5.30. The molecule has 0 rings (SSSR count). The summed E-state index contributed by atoms with van der Waals surface area (Å²) in [6, 6.07) is 0.803. The first-order chi connectivity index (χ1) is 6.45. The first kappa shape index (κ1) is 13.4. The summed E-state index contributed by atoms with van der Waals surface area (Å²) in [6.07, 6.45) is -0.129. The number of amides is 1. The second-order valence-corrected chi connectivity index (χ2v) is 6.93. The summed E-state index contributed by atoms with van der Waals surface area (Å²) in [6.45, 7) is 2.48. The summed E-state index contributed by atoms with van der Waals surface area (Å²) in [5.74, 6) is 0. The van der Waals surface area contributed by atoms with E-state index in [0.717, 1.165) is 12.5 Å². The molecule has 0 saturated carbocycles. The number of carboxylic acid groups (broad SMARTS) is 1. The molecular weight excluding hydrogens is 202 g/mol. The van der Waals surface area contributed by atoms with Gasteiger partial charge in [0, 0.05) is 27.8 Å². The van der Waals surface area contributed by atoms with E-state index in [1.807, 2.05) is 6.55 Å². The van der Waals surface area contributed by atoms with E-state index in [1.54, 1.807) is 21.3 Å². The second-order valence-electron chi connectivity index (χ2n) is 3.35. The lowest BCUT2D eigenvalue weighted by atomic mass is 10.4. The highest BCUT2D eigenvalue weighted by molar-refractivity contribution is 6.65. The normalized spacial score (nSPS) is 11.4. The summed E-state index contributed by atoms with van der Waals surface area (Å²) >= 11 is 0. The quantitative estimate of drug-likeness (QED) is 0.688. The number of carbonyl (C=O) groups is 1. The maximum atomic E-state index is 10.5. The van der Waals surface area contributed by atoms with Gasteiger partial charge in [-0.15, -0.1) is 0 Å². The van der Waals surface area contributed by atoms with Crippen LogP contribution in [0.2, 0.25) is 12.6 Å². The van der Waals surface area contributed by atoms with Crippen LogP contribution in [-0.4, -0.2) is 52.5 Å². The topological polar surface area (TPSA) is 59.0 Å². The molecule has 0 aliphatic rings. The van der Waals surface area contributed by atoms with Crippen LogP contribution in [0.5, 0.6) is 0 Å². The van der Waals surface area contributed by atoms with Crippen LogP contribution in [0.4, 0.5) is 4.79 Å². The van der Waals surface area contributed by atoms with E-state index in [1.165, 1.54) is 4.90 Å². The molecule has 0 aromatic carbocycles. The predicted molar refractivity (Wildman–Crippen MR) is 55.7 cm³/mol. The van der Waals surface area contributed by atoms with Gasteiger partial charge >= 0.3 is 14.7 Å². The zero-order valence-corrected chi connectivity index (χ0v) is 10.2. The lowest BCUT2D eigenvalue weighted by molar-refractivity contribution is 0.155. The van der Waals surface area contributed by atoms with Crippen molar-refractivity contribution in [3.8, 4) is 0 Å². The van der Waals surface area contributed by atoms with Crippen molar-refractivity contribution < 1.29 is 18.8 Å². The van der Waals surface area contributed by atoms with Gasteiger partial charge in [0.2, 0.25) is 0 Å². The highest BCUT2D eigenvalue weighted by Crippen LogP contribution is 2.13. The fourth-order valence-corrected chi connectivity index (χ4v) is 2.40. The summed E-state index contributed by atoms with van der Waals surface area (Å²) < 4.78 is 10.6. The third kappa shape index (κ3) is 4.59. The Morgan fingerprint density at radius 2 is 1.93 bits per heavy atom. The van der Waals surface area contributed by atoms with Crippen molar-refractivity contribution in [1.82, 2.24) is 4.90 Å². The van der Waals surface area contributed by atoms with Crippen LogP contribution in [0.15, 0.2) is 0 Å². The van der Waals surface area contributed by atoms with Gasteiger partial charge in [0.1, 0.15) is 0 Å². The Bertz CT molecular complexity index is 184. The van der Waals surface area contributed by atoms with Gasteiger partial charge in [-0.3, -0.25) is 0 Å². The predicted octanol–water partition coefficient (Wildman–Crippen LogP) is 1.35. The smallest absolute Gasteiger partial charge is 0.407 e. The summed E-state index contributed by atoms with van der Waals surface area (Å²) in [5, 5.41) is 8.60. The largest absolute Gasteiger partial charge is 0.465 e. The van der Waals surface area contributed by atoms with Crippen LogP contribution in [0.25, 0.3) is 0 Å². The molecule has 0 atom stereocenters. The molecule has 0 fully saturated rings. The molecule has 5 nitrogen and oxygen atoms in total. The van der Waals surface area contributed by atoms with Crippen LogP contribution < -0.4 is 0 Å². The Morgan fingerprint density at radius 1 is 1.43 bits per heavy atom. The zero-order valence-electron chi connectivity index (χ0n) is 9.24. The van der Waals surface area contributed by atoms with Crippen molar-refractivity contribution in [2.45, 2.75) is 19.0 Å². The van der Waals surface area contributed by atoms with Crippen molar-refractivity contribution in [3.63, 3.8) is 0 Å². The molecule has 0 saturated heterocycles. The Morgan fingerprint density at radius 3 is 2.29 bits per heavy atom. The SMILES string of the molecule is CO[Si](C)(CCCN(C)C(=O)O)OC. The first-order valence-electron chi connectivity index (χ1n) is 4.49. The molecule has 1 amide bonds. The first-order valence-corrected chi connectivity index (χ1v) is 7.02.